The molecule has 0 spiro atoms. The summed E-state index contributed by atoms with van der Waals surface area (Å²) in [6.07, 6.45) is 6.46. The van der Waals surface area contributed by atoms with Crippen molar-refractivity contribution in [2.45, 2.75) is 44.7 Å². The zero-order valence-electron chi connectivity index (χ0n) is 18.8. The van der Waals surface area contributed by atoms with Crippen LogP contribution in [0.2, 0.25) is 5.02 Å². The maximum absolute atomic E-state index is 6.20. The van der Waals surface area contributed by atoms with Crippen LogP contribution in [-0.2, 0) is 6.54 Å². The molecule has 0 amide bonds. The molecule has 6 heteroatoms. The fourth-order valence-corrected chi connectivity index (χ4v) is 5.31. The number of halogens is 1. The second-order valence-electron chi connectivity index (χ2n) is 9.15. The SMILES string of the molecule is Clc1ccc(Cn2nc(OCCCN3CCC[C@H]3CN3CCCC3)c3ccccc32)cc1. The van der Waals surface area contributed by atoms with Crippen molar-refractivity contribution in [2.75, 3.05) is 39.3 Å². The summed E-state index contributed by atoms with van der Waals surface area (Å²) in [4.78, 5) is 5.33. The normalized spacial score (nSPS) is 19.8. The minimum Gasteiger partial charge on any atom is -0.476 e. The fourth-order valence-electron chi connectivity index (χ4n) is 5.18. The lowest BCUT2D eigenvalue weighted by molar-refractivity contribution is 0.178. The monoisotopic (exact) mass is 452 g/mol. The molecule has 5 nitrogen and oxygen atoms in total. The number of fused-ring (bicyclic) bond motifs is 1. The van der Waals surface area contributed by atoms with Gasteiger partial charge in [-0.3, -0.25) is 9.58 Å². The topological polar surface area (TPSA) is 33.5 Å². The number of rotatable bonds is 9. The minimum atomic E-state index is 0.701. The van der Waals surface area contributed by atoms with Crippen molar-refractivity contribution < 1.29 is 4.74 Å². The van der Waals surface area contributed by atoms with E-state index in [0.717, 1.165) is 40.8 Å². The van der Waals surface area contributed by atoms with Gasteiger partial charge in [-0.15, -0.1) is 5.10 Å². The number of nitrogens with zero attached hydrogens (tertiary/aromatic N) is 4. The predicted molar refractivity (Wildman–Crippen MR) is 131 cm³/mol. The molecule has 1 aromatic heterocycles. The molecular formula is C26H33ClN4O. The van der Waals surface area contributed by atoms with Gasteiger partial charge in [0.1, 0.15) is 0 Å². The molecule has 2 aliphatic heterocycles. The van der Waals surface area contributed by atoms with Gasteiger partial charge in [-0.2, -0.15) is 0 Å². The van der Waals surface area contributed by atoms with Gasteiger partial charge in [0.25, 0.3) is 0 Å². The standard InChI is InChI=1S/C26H33ClN4O/c27-22-12-10-21(11-13-22)19-31-25-9-2-1-8-24(25)26(28-31)32-18-6-17-30-16-5-7-23(30)20-29-14-3-4-15-29/h1-2,8-13,23H,3-7,14-20H2/t23-/m0/s1. The highest BCUT2D eigenvalue weighted by molar-refractivity contribution is 6.30. The van der Waals surface area contributed by atoms with E-state index in [-0.39, 0.29) is 0 Å². The van der Waals surface area contributed by atoms with Gasteiger partial charge in [-0.25, -0.2) is 0 Å². The summed E-state index contributed by atoms with van der Waals surface area (Å²) in [5.41, 5.74) is 2.27. The summed E-state index contributed by atoms with van der Waals surface area (Å²) in [5, 5.41) is 6.63. The maximum atomic E-state index is 6.20. The lowest BCUT2D eigenvalue weighted by atomic mass is 10.2. The van der Waals surface area contributed by atoms with Crippen LogP contribution in [0.4, 0.5) is 0 Å². The Labute approximate surface area is 195 Å². The molecule has 0 aliphatic carbocycles. The van der Waals surface area contributed by atoms with Gasteiger partial charge in [0, 0.05) is 24.2 Å². The van der Waals surface area contributed by atoms with Crippen LogP contribution in [0.5, 0.6) is 5.88 Å². The average Bonchev–Trinajstić information content (AvgIpc) is 3.55. The van der Waals surface area contributed by atoms with Crippen molar-refractivity contribution in [1.82, 2.24) is 19.6 Å². The van der Waals surface area contributed by atoms with E-state index in [0.29, 0.717) is 13.2 Å². The molecule has 2 saturated heterocycles. The molecule has 0 radical (unpaired) electrons. The molecule has 1 atom stereocenters. The maximum Gasteiger partial charge on any atom is 0.240 e. The van der Waals surface area contributed by atoms with Crippen molar-refractivity contribution in [3.05, 3.63) is 59.1 Å². The van der Waals surface area contributed by atoms with Crippen LogP contribution in [-0.4, -0.2) is 65.0 Å². The Morgan fingerprint density at radius 1 is 0.969 bits per heavy atom. The van der Waals surface area contributed by atoms with Gasteiger partial charge in [-0.05, 0) is 81.6 Å². The molecule has 0 unspecified atom stereocenters. The van der Waals surface area contributed by atoms with E-state index in [9.17, 15) is 0 Å². The molecule has 2 aromatic carbocycles. The van der Waals surface area contributed by atoms with Gasteiger partial charge < -0.3 is 9.64 Å². The first-order valence-electron chi connectivity index (χ1n) is 12.1. The second-order valence-corrected chi connectivity index (χ2v) is 9.58. The average molecular weight is 453 g/mol. The quantitative estimate of drug-likeness (QED) is 0.424. The molecule has 3 aromatic rings. The summed E-state index contributed by atoms with van der Waals surface area (Å²) in [5.74, 6) is 0.740. The Kier molecular flexibility index (Phi) is 6.96. The molecule has 5 rings (SSSR count). The van der Waals surface area contributed by atoms with Crippen LogP contribution in [0, 0.1) is 0 Å². The largest absolute Gasteiger partial charge is 0.476 e. The number of para-hydroxylation sites is 1. The number of hydrogen-bond donors (Lipinski definition) is 0. The molecule has 0 saturated carbocycles. The Morgan fingerprint density at radius 2 is 1.78 bits per heavy atom. The van der Waals surface area contributed by atoms with E-state index in [4.69, 9.17) is 21.4 Å². The van der Waals surface area contributed by atoms with Crippen molar-refractivity contribution in [2.24, 2.45) is 0 Å². The van der Waals surface area contributed by atoms with E-state index < -0.39 is 0 Å². The van der Waals surface area contributed by atoms with Gasteiger partial charge in [0.2, 0.25) is 5.88 Å². The van der Waals surface area contributed by atoms with Crippen LogP contribution >= 0.6 is 11.6 Å². The van der Waals surface area contributed by atoms with Crippen LogP contribution in [0.15, 0.2) is 48.5 Å². The molecule has 170 valence electrons. The van der Waals surface area contributed by atoms with Crippen LogP contribution < -0.4 is 4.74 Å². The first-order chi connectivity index (χ1) is 15.8. The highest BCUT2D eigenvalue weighted by atomic mass is 35.5. The van der Waals surface area contributed by atoms with Gasteiger partial charge in [0.15, 0.2) is 0 Å². The highest BCUT2D eigenvalue weighted by Crippen LogP contribution is 2.26. The Hall–Kier alpha value is -2.08. The summed E-state index contributed by atoms with van der Waals surface area (Å²) >= 11 is 6.03. The lowest BCUT2D eigenvalue weighted by Crippen LogP contribution is -2.40. The van der Waals surface area contributed by atoms with Crippen LogP contribution in [0.25, 0.3) is 10.9 Å². The van der Waals surface area contributed by atoms with Crippen LogP contribution in [0.1, 0.15) is 37.7 Å². The molecular weight excluding hydrogens is 420 g/mol. The highest BCUT2D eigenvalue weighted by Gasteiger charge is 2.27. The van der Waals surface area contributed by atoms with Gasteiger partial charge in [0.05, 0.1) is 24.1 Å². The second kappa shape index (κ2) is 10.2. The third-order valence-corrected chi connectivity index (χ3v) is 7.12. The molecule has 2 fully saturated rings. The summed E-state index contributed by atoms with van der Waals surface area (Å²) in [6.45, 7) is 7.58. The van der Waals surface area contributed by atoms with E-state index in [1.54, 1.807) is 0 Å². The van der Waals surface area contributed by atoms with Crippen molar-refractivity contribution >= 4 is 22.5 Å². The van der Waals surface area contributed by atoms with Gasteiger partial charge >= 0.3 is 0 Å². The van der Waals surface area contributed by atoms with Crippen LogP contribution in [0.3, 0.4) is 0 Å². The van der Waals surface area contributed by atoms with Crippen molar-refractivity contribution in [3.63, 3.8) is 0 Å². The number of likely N-dealkylation sites (tertiary alicyclic amines) is 2. The van der Waals surface area contributed by atoms with E-state index in [1.807, 2.05) is 28.9 Å². The number of hydrogen-bond acceptors (Lipinski definition) is 4. The number of aromatic nitrogens is 2. The summed E-state index contributed by atoms with van der Waals surface area (Å²) < 4.78 is 8.22. The number of ether oxygens (including phenoxy) is 1. The van der Waals surface area contributed by atoms with Crippen molar-refractivity contribution in [3.8, 4) is 5.88 Å². The zero-order valence-corrected chi connectivity index (χ0v) is 19.5. The lowest BCUT2D eigenvalue weighted by Gasteiger charge is -2.28. The van der Waals surface area contributed by atoms with E-state index in [2.05, 4.69) is 34.1 Å². The first-order valence-corrected chi connectivity index (χ1v) is 12.4. The predicted octanol–water partition coefficient (Wildman–Crippen LogP) is 5.07. The minimum absolute atomic E-state index is 0.701. The van der Waals surface area contributed by atoms with Gasteiger partial charge in [-0.1, -0.05) is 35.9 Å². The Morgan fingerprint density at radius 3 is 2.62 bits per heavy atom. The number of benzene rings is 2. The van der Waals surface area contributed by atoms with Crippen molar-refractivity contribution in [1.29, 1.82) is 0 Å². The van der Waals surface area contributed by atoms with E-state index in [1.165, 1.54) is 57.4 Å². The smallest absolute Gasteiger partial charge is 0.240 e. The molecule has 32 heavy (non-hydrogen) atoms. The molecule has 2 aliphatic rings. The van der Waals surface area contributed by atoms with E-state index >= 15 is 0 Å². The molecule has 0 bridgehead atoms. The Bertz CT molecular complexity index is 1010. The fraction of sp³-hybridized carbons (Fsp3) is 0.500. The Balaban J connectivity index is 1.18. The third-order valence-electron chi connectivity index (χ3n) is 6.86. The third kappa shape index (κ3) is 5.11. The summed E-state index contributed by atoms with van der Waals surface area (Å²) in [6, 6.07) is 17.0. The molecule has 3 heterocycles. The zero-order chi connectivity index (χ0) is 21.8. The molecule has 0 N–H and O–H groups in total. The first kappa shape index (κ1) is 21.7. The summed E-state index contributed by atoms with van der Waals surface area (Å²) in [7, 11) is 0.